The van der Waals surface area contributed by atoms with Crippen molar-refractivity contribution >= 4 is 17.4 Å². The van der Waals surface area contributed by atoms with Gasteiger partial charge in [-0.2, -0.15) is 0 Å². The molecule has 0 aliphatic rings. The lowest BCUT2D eigenvalue weighted by molar-refractivity contribution is 0.381. The fourth-order valence-corrected chi connectivity index (χ4v) is 6.27. The summed E-state index contributed by atoms with van der Waals surface area (Å²) in [6.45, 7) is 1.83. The maximum Gasteiger partial charge on any atom is 0.463 e. The number of aryl methyl sites for hydroxylation is 1. The monoisotopic (exact) mass is 417 g/mol. The minimum atomic E-state index is -4.36. The third kappa shape index (κ3) is 4.44. The third-order valence-electron chi connectivity index (χ3n) is 3.93. The van der Waals surface area contributed by atoms with E-state index in [1.807, 2.05) is 6.92 Å². The number of benzene rings is 3. The average Bonchev–Trinajstić information content (AvgIpc) is 2.69. The van der Waals surface area contributed by atoms with E-state index in [-0.39, 0.29) is 16.4 Å². The van der Waals surface area contributed by atoms with Crippen molar-refractivity contribution in [3.05, 3.63) is 90.5 Å². The molecule has 0 fully saturated rings. The van der Waals surface area contributed by atoms with Crippen molar-refractivity contribution < 1.29 is 22.0 Å². The van der Waals surface area contributed by atoms with Gasteiger partial charge < -0.3 is 14.8 Å². The standard InChI is InChI=1S/C20H20NO5PS/c1-16-12-14-19(15-13-16)28(23,24)20(21)27(22,25-17-8-4-2-5-9-17)26-18-10-6-3-7-11-18/h2-15,20H,21H2,1H3. The van der Waals surface area contributed by atoms with Crippen molar-refractivity contribution in [2.45, 2.75) is 16.9 Å². The minimum Gasteiger partial charge on any atom is -0.414 e. The van der Waals surface area contributed by atoms with E-state index in [9.17, 15) is 13.0 Å². The molecule has 0 heterocycles. The highest BCUT2D eigenvalue weighted by Crippen LogP contribution is 2.53. The first-order chi connectivity index (χ1) is 13.3. The summed E-state index contributed by atoms with van der Waals surface area (Å²) >= 11 is 0. The number of nitrogens with two attached hydrogens (primary N) is 1. The highest BCUT2D eigenvalue weighted by Gasteiger charge is 2.46. The first-order valence-electron chi connectivity index (χ1n) is 8.46. The van der Waals surface area contributed by atoms with Crippen LogP contribution in [0.4, 0.5) is 0 Å². The summed E-state index contributed by atoms with van der Waals surface area (Å²) in [6, 6.07) is 22.5. The number of para-hydroxylation sites is 2. The summed E-state index contributed by atoms with van der Waals surface area (Å²) < 4.78 is 50.7. The molecule has 3 aromatic carbocycles. The van der Waals surface area contributed by atoms with Crippen LogP contribution in [0.3, 0.4) is 0 Å². The molecule has 0 aliphatic heterocycles. The van der Waals surface area contributed by atoms with E-state index in [0.717, 1.165) is 5.56 Å². The molecule has 0 bridgehead atoms. The topological polar surface area (TPSA) is 95.7 Å². The number of hydrogen-bond donors (Lipinski definition) is 1. The quantitative estimate of drug-likeness (QED) is 0.574. The fraction of sp³-hybridized carbons (Fsp3) is 0.100. The van der Waals surface area contributed by atoms with Gasteiger partial charge in [-0.3, -0.25) is 0 Å². The van der Waals surface area contributed by atoms with Crippen LogP contribution in [0.1, 0.15) is 5.56 Å². The smallest absolute Gasteiger partial charge is 0.414 e. The molecule has 8 heteroatoms. The third-order valence-corrected chi connectivity index (χ3v) is 8.66. The van der Waals surface area contributed by atoms with Crippen molar-refractivity contribution in [1.82, 2.24) is 0 Å². The Kier molecular flexibility index (Phi) is 5.89. The van der Waals surface area contributed by atoms with E-state index in [1.165, 1.54) is 12.1 Å². The Balaban J connectivity index is 2.01. The first-order valence-corrected chi connectivity index (χ1v) is 11.6. The molecule has 0 radical (unpaired) electrons. The van der Waals surface area contributed by atoms with E-state index in [1.54, 1.807) is 72.8 Å². The molecular weight excluding hydrogens is 397 g/mol. The Labute approximate surface area is 164 Å². The van der Waals surface area contributed by atoms with Gasteiger partial charge in [0.1, 0.15) is 11.5 Å². The van der Waals surface area contributed by atoms with Crippen LogP contribution in [0.25, 0.3) is 0 Å². The molecule has 2 N–H and O–H groups in total. The zero-order chi connectivity index (χ0) is 20.2. The Morgan fingerprint density at radius 3 is 1.64 bits per heavy atom. The summed E-state index contributed by atoms with van der Waals surface area (Å²) in [5.74, 6) is 0.382. The molecule has 0 saturated heterocycles. The molecule has 0 aliphatic carbocycles. The second kappa shape index (κ2) is 8.19. The zero-order valence-corrected chi connectivity index (χ0v) is 16.8. The highest BCUT2D eigenvalue weighted by molar-refractivity contribution is 7.98. The largest absolute Gasteiger partial charge is 0.463 e. The molecule has 0 amide bonds. The van der Waals surface area contributed by atoms with Gasteiger partial charge in [0, 0.05) is 0 Å². The van der Waals surface area contributed by atoms with Gasteiger partial charge in [0.2, 0.25) is 15.0 Å². The molecule has 3 aromatic rings. The van der Waals surface area contributed by atoms with E-state index in [4.69, 9.17) is 14.8 Å². The zero-order valence-electron chi connectivity index (χ0n) is 15.1. The van der Waals surface area contributed by atoms with Gasteiger partial charge in [-0.25, -0.2) is 13.0 Å². The second-order valence-corrected chi connectivity index (χ2v) is 10.5. The van der Waals surface area contributed by atoms with Crippen LogP contribution in [0, 0.1) is 6.92 Å². The van der Waals surface area contributed by atoms with E-state index in [0.29, 0.717) is 0 Å². The van der Waals surface area contributed by atoms with Gasteiger partial charge in [0.15, 0.2) is 0 Å². The van der Waals surface area contributed by atoms with Crippen molar-refractivity contribution in [2.75, 3.05) is 0 Å². The molecule has 0 spiro atoms. The lowest BCUT2D eigenvalue weighted by atomic mass is 10.2. The Morgan fingerprint density at radius 1 is 0.786 bits per heavy atom. The minimum absolute atomic E-state index is 0.0563. The lowest BCUT2D eigenvalue weighted by Gasteiger charge is -2.25. The summed E-state index contributed by atoms with van der Waals surface area (Å²) in [7, 11) is -8.55. The molecule has 0 aromatic heterocycles. The van der Waals surface area contributed by atoms with E-state index >= 15 is 0 Å². The van der Waals surface area contributed by atoms with Crippen LogP contribution >= 0.6 is 7.60 Å². The van der Waals surface area contributed by atoms with Crippen molar-refractivity contribution in [1.29, 1.82) is 0 Å². The summed E-state index contributed by atoms with van der Waals surface area (Å²) in [5, 5.41) is -1.91. The number of hydrogen-bond acceptors (Lipinski definition) is 6. The predicted molar refractivity (Wildman–Crippen MR) is 108 cm³/mol. The molecule has 1 atom stereocenters. The van der Waals surface area contributed by atoms with Gasteiger partial charge >= 0.3 is 7.60 Å². The lowest BCUT2D eigenvalue weighted by Crippen LogP contribution is -2.34. The Hall–Kier alpha value is -2.60. The van der Waals surface area contributed by atoms with Gasteiger partial charge in [-0.15, -0.1) is 0 Å². The van der Waals surface area contributed by atoms with Gasteiger partial charge in [-0.05, 0) is 43.3 Å². The van der Waals surface area contributed by atoms with E-state index < -0.39 is 22.5 Å². The van der Waals surface area contributed by atoms with E-state index in [2.05, 4.69) is 0 Å². The summed E-state index contributed by atoms with van der Waals surface area (Å²) in [6.07, 6.45) is 0. The molecule has 146 valence electrons. The fourth-order valence-electron chi connectivity index (χ4n) is 2.42. The summed E-state index contributed by atoms with van der Waals surface area (Å²) in [4.78, 5) is -0.0563. The SMILES string of the molecule is Cc1ccc(S(=O)(=O)C(N)P(=O)(Oc2ccccc2)Oc2ccccc2)cc1. The Morgan fingerprint density at radius 2 is 1.21 bits per heavy atom. The maximum absolute atomic E-state index is 13.6. The Bertz CT molecular complexity index is 1030. The molecule has 3 rings (SSSR count). The highest BCUT2D eigenvalue weighted by atomic mass is 32.2. The van der Waals surface area contributed by atoms with Crippen LogP contribution < -0.4 is 14.8 Å². The van der Waals surface area contributed by atoms with Crippen LogP contribution in [-0.2, 0) is 14.4 Å². The second-order valence-electron chi connectivity index (χ2n) is 6.10. The van der Waals surface area contributed by atoms with Gasteiger partial charge in [0.05, 0.1) is 4.90 Å². The van der Waals surface area contributed by atoms with Gasteiger partial charge in [0.25, 0.3) is 0 Å². The van der Waals surface area contributed by atoms with Crippen molar-refractivity contribution in [2.24, 2.45) is 5.73 Å². The first kappa shape index (κ1) is 20.1. The van der Waals surface area contributed by atoms with Crippen molar-refractivity contribution in [3.63, 3.8) is 0 Å². The summed E-state index contributed by atoms with van der Waals surface area (Å²) in [5.41, 5.74) is 6.88. The average molecular weight is 417 g/mol. The van der Waals surface area contributed by atoms with Gasteiger partial charge in [-0.1, -0.05) is 54.1 Å². The maximum atomic E-state index is 13.6. The molecule has 28 heavy (non-hydrogen) atoms. The van der Waals surface area contributed by atoms with Crippen LogP contribution in [-0.4, -0.2) is 13.5 Å². The number of rotatable bonds is 7. The molecular formula is C20H20NO5PS. The predicted octanol–water partition coefficient (Wildman–Crippen LogP) is 4.36. The number of sulfone groups is 1. The van der Waals surface area contributed by atoms with Crippen LogP contribution in [0.2, 0.25) is 0 Å². The molecule has 6 nitrogen and oxygen atoms in total. The normalized spacial score (nSPS) is 12.9. The van der Waals surface area contributed by atoms with Crippen molar-refractivity contribution in [3.8, 4) is 11.5 Å². The van der Waals surface area contributed by atoms with Crippen LogP contribution in [0.15, 0.2) is 89.8 Å². The molecule has 0 saturated carbocycles. The van der Waals surface area contributed by atoms with Crippen LogP contribution in [0.5, 0.6) is 11.5 Å². The molecule has 1 unspecified atom stereocenters.